The van der Waals surface area contributed by atoms with Gasteiger partial charge in [0.05, 0.1) is 12.7 Å². The van der Waals surface area contributed by atoms with E-state index >= 15 is 0 Å². The predicted molar refractivity (Wildman–Crippen MR) is 39.9 cm³/mol. The van der Waals surface area contributed by atoms with Crippen molar-refractivity contribution in [1.82, 2.24) is 5.32 Å². The molecule has 1 atom stereocenters. The molecule has 12 heavy (non-hydrogen) atoms. The summed E-state index contributed by atoms with van der Waals surface area (Å²) in [7, 11) is 0. The highest BCUT2D eigenvalue weighted by atomic mass is 19.3. The van der Waals surface area contributed by atoms with E-state index in [1.807, 2.05) is 13.0 Å². The van der Waals surface area contributed by atoms with E-state index in [-0.39, 0.29) is 6.61 Å². The van der Waals surface area contributed by atoms with Gasteiger partial charge >= 0.3 is 0 Å². The van der Waals surface area contributed by atoms with Gasteiger partial charge in [-0.3, -0.25) is 0 Å². The molecule has 0 aliphatic heterocycles. The van der Waals surface area contributed by atoms with Crippen LogP contribution in [0.1, 0.15) is 6.92 Å². The number of hydrogen-bond donors (Lipinski definition) is 1. The summed E-state index contributed by atoms with van der Waals surface area (Å²) >= 11 is 0. The lowest BCUT2D eigenvalue weighted by Gasteiger charge is -2.09. The fraction of sp³-hybridized carbons (Fsp3) is 0.857. The molecule has 0 saturated heterocycles. The van der Waals surface area contributed by atoms with Crippen molar-refractivity contribution in [3.8, 4) is 6.07 Å². The zero-order valence-electron chi connectivity index (χ0n) is 6.89. The number of rotatable bonds is 6. The lowest BCUT2D eigenvalue weighted by Crippen LogP contribution is -2.32. The van der Waals surface area contributed by atoms with Crippen molar-refractivity contribution in [2.24, 2.45) is 0 Å². The van der Waals surface area contributed by atoms with Crippen molar-refractivity contribution >= 4 is 0 Å². The van der Waals surface area contributed by atoms with Crippen LogP contribution in [0.15, 0.2) is 0 Å². The van der Waals surface area contributed by atoms with Crippen LogP contribution in [0.5, 0.6) is 0 Å². The van der Waals surface area contributed by atoms with Crippen LogP contribution < -0.4 is 5.32 Å². The highest BCUT2D eigenvalue weighted by molar-refractivity contribution is 4.88. The fourth-order valence-corrected chi connectivity index (χ4v) is 0.663. The molecule has 1 N–H and O–H groups in total. The molecule has 0 heterocycles. The van der Waals surface area contributed by atoms with E-state index in [1.165, 1.54) is 0 Å². The largest absolute Gasteiger partial charge is 0.373 e. The first-order chi connectivity index (χ1) is 5.70. The first kappa shape index (κ1) is 11.3. The predicted octanol–water partition coefficient (Wildman–Crippen LogP) is 0.770. The van der Waals surface area contributed by atoms with Crippen LogP contribution in [0.4, 0.5) is 8.78 Å². The summed E-state index contributed by atoms with van der Waals surface area (Å²) in [5, 5.41) is 11.2. The molecule has 0 aromatic rings. The van der Waals surface area contributed by atoms with Gasteiger partial charge in [0.2, 0.25) is 0 Å². The van der Waals surface area contributed by atoms with E-state index in [0.29, 0.717) is 6.54 Å². The molecule has 70 valence electrons. The molecular formula is C7H12F2N2O. The van der Waals surface area contributed by atoms with Gasteiger partial charge in [0.1, 0.15) is 12.6 Å². The van der Waals surface area contributed by atoms with E-state index in [4.69, 9.17) is 5.26 Å². The van der Waals surface area contributed by atoms with Crippen molar-refractivity contribution in [2.45, 2.75) is 19.4 Å². The van der Waals surface area contributed by atoms with Crippen molar-refractivity contribution in [2.75, 3.05) is 19.8 Å². The minimum absolute atomic E-state index is 0.00861. The molecule has 0 aromatic carbocycles. The van der Waals surface area contributed by atoms with Crippen LogP contribution in [0.2, 0.25) is 0 Å². The van der Waals surface area contributed by atoms with E-state index < -0.39 is 19.1 Å². The second-order valence-corrected chi connectivity index (χ2v) is 2.17. The molecular weight excluding hydrogens is 166 g/mol. The van der Waals surface area contributed by atoms with Crippen LogP contribution in [-0.4, -0.2) is 32.2 Å². The Morgan fingerprint density at radius 1 is 1.50 bits per heavy atom. The van der Waals surface area contributed by atoms with Crippen molar-refractivity contribution in [1.29, 1.82) is 5.26 Å². The molecule has 0 bridgehead atoms. The third-order valence-electron chi connectivity index (χ3n) is 1.13. The number of hydrogen-bond acceptors (Lipinski definition) is 3. The molecule has 0 radical (unpaired) electrons. The summed E-state index contributed by atoms with van der Waals surface area (Å²) < 4.78 is 27.7. The van der Waals surface area contributed by atoms with Gasteiger partial charge in [-0.15, -0.1) is 0 Å². The third-order valence-corrected chi connectivity index (χ3v) is 1.13. The summed E-state index contributed by atoms with van der Waals surface area (Å²) in [4.78, 5) is 0. The molecule has 0 aliphatic rings. The highest BCUT2D eigenvalue weighted by Crippen LogP contribution is 1.93. The maximum absolute atomic E-state index is 11.5. The molecule has 0 fully saturated rings. The van der Waals surface area contributed by atoms with Crippen molar-refractivity contribution < 1.29 is 13.5 Å². The highest BCUT2D eigenvalue weighted by Gasteiger charge is 2.07. The summed E-state index contributed by atoms with van der Waals surface area (Å²) in [6, 6.07) is 1.40. The van der Waals surface area contributed by atoms with Crippen LogP contribution in [0.25, 0.3) is 0 Å². The standard InChI is InChI=1S/C7H12F2N2O/c1-2-11-6(3-10)4-12-5-7(8)9/h6-7,11H,2,4-5H2,1H3. The second kappa shape index (κ2) is 6.95. The van der Waals surface area contributed by atoms with Crippen LogP contribution >= 0.6 is 0 Å². The summed E-state index contributed by atoms with van der Waals surface area (Å²) in [6.07, 6.45) is -2.47. The third kappa shape index (κ3) is 6.01. The van der Waals surface area contributed by atoms with Gasteiger partial charge in [0, 0.05) is 0 Å². The van der Waals surface area contributed by atoms with Gasteiger partial charge in [-0.2, -0.15) is 5.26 Å². The number of ether oxygens (including phenoxy) is 1. The van der Waals surface area contributed by atoms with Gasteiger partial charge < -0.3 is 10.1 Å². The van der Waals surface area contributed by atoms with Gasteiger partial charge in [0.25, 0.3) is 6.43 Å². The normalized spacial score (nSPS) is 12.9. The maximum Gasteiger partial charge on any atom is 0.261 e. The smallest absolute Gasteiger partial charge is 0.261 e. The number of nitriles is 1. The van der Waals surface area contributed by atoms with Gasteiger partial charge in [-0.25, -0.2) is 8.78 Å². The number of nitrogens with one attached hydrogen (secondary N) is 1. The molecule has 0 saturated carbocycles. The molecule has 0 amide bonds. The summed E-state index contributed by atoms with van der Waals surface area (Å²) in [5.74, 6) is 0. The Bertz CT molecular complexity index is 147. The van der Waals surface area contributed by atoms with E-state index in [2.05, 4.69) is 10.1 Å². The Morgan fingerprint density at radius 3 is 2.58 bits per heavy atom. The topological polar surface area (TPSA) is 45.0 Å². The average Bonchev–Trinajstić information content (AvgIpc) is 2.02. The molecule has 1 unspecified atom stereocenters. The van der Waals surface area contributed by atoms with Crippen LogP contribution in [0.3, 0.4) is 0 Å². The Kier molecular flexibility index (Phi) is 6.53. The zero-order valence-corrected chi connectivity index (χ0v) is 6.89. The molecule has 0 spiro atoms. The lowest BCUT2D eigenvalue weighted by molar-refractivity contribution is 0.0140. The summed E-state index contributed by atoms with van der Waals surface area (Å²) in [6.45, 7) is 1.85. The monoisotopic (exact) mass is 178 g/mol. The Balaban J connectivity index is 3.40. The second-order valence-electron chi connectivity index (χ2n) is 2.17. The fourth-order valence-electron chi connectivity index (χ4n) is 0.663. The number of halogens is 2. The minimum Gasteiger partial charge on any atom is -0.373 e. The SMILES string of the molecule is CCNC(C#N)COCC(F)F. The van der Waals surface area contributed by atoms with Gasteiger partial charge in [-0.1, -0.05) is 6.92 Å². The molecule has 0 aromatic heterocycles. The molecule has 3 nitrogen and oxygen atoms in total. The first-order valence-corrected chi connectivity index (χ1v) is 3.69. The quantitative estimate of drug-likeness (QED) is 0.653. The number of likely N-dealkylation sites (N-methyl/N-ethyl adjacent to an activating group) is 1. The Hall–Kier alpha value is -0.730. The number of nitrogens with zero attached hydrogens (tertiary/aromatic N) is 1. The van der Waals surface area contributed by atoms with Gasteiger partial charge in [-0.05, 0) is 6.54 Å². The number of alkyl halides is 2. The minimum atomic E-state index is -2.47. The van der Waals surface area contributed by atoms with E-state index in [1.54, 1.807) is 0 Å². The van der Waals surface area contributed by atoms with Crippen LogP contribution in [0, 0.1) is 11.3 Å². The summed E-state index contributed by atoms with van der Waals surface area (Å²) in [5.41, 5.74) is 0. The molecule has 0 rings (SSSR count). The zero-order chi connectivity index (χ0) is 9.40. The molecule has 0 aliphatic carbocycles. The maximum atomic E-state index is 11.5. The first-order valence-electron chi connectivity index (χ1n) is 3.69. The molecule has 5 heteroatoms. The van der Waals surface area contributed by atoms with Crippen molar-refractivity contribution in [3.05, 3.63) is 0 Å². The average molecular weight is 178 g/mol. The Morgan fingerprint density at radius 2 is 2.17 bits per heavy atom. The van der Waals surface area contributed by atoms with E-state index in [9.17, 15) is 8.78 Å². The van der Waals surface area contributed by atoms with Crippen LogP contribution in [-0.2, 0) is 4.74 Å². The van der Waals surface area contributed by atoms with E-state index in [0.717, 1.165) is 0 Å². The lowest BCUT2D eigenvalue weighted by atomic mass is 10.3. The Labute approximate surface area is 70.3 Å². The van der Waals surface area contributed by atoms with Gasteiger partial charge in [0.15, 0.2) is 0 Å². The van der Waals surface area contributed by atoms with Crippen molar-refractivity contribution in [3.63, 3.8) is 0 Å².